The Kier molecular flexibility index (Phi) is 78.8. The van der Waals surface area contributed by atoms with E-state index < -0.39 is 12.1 Å². The summed E-state index contributed by atoms with van der Waals surface area (Å²) in [5, 5.41) is 23.5. The first-order valence-electron chi connectivity index (χ1n) is 41.7. The first-order chi connectivity index (χ1) is 45.0. The van der Waals surface area contributed by atoms with Crippen molar-refractivity contribution < 1.29 is 24.5 Å². The topological polar surface area (TPSA) is 95.9 Å². The molecular formula is C85H163NO5. The van der Waals surface area contributed by atoms with Crippen molar-refractivity contribution in [2.75, 3.05) is 13.2 Å². The Morgan fingerprint density at radius 2 is 0.549 bits per heavy atom. The van der Waals surface area contributed by atoms with Gasteiger partial charge in [-0.1, -0.05) is 410 Å². The molecule has 6 heteroatoms. The highest BCUT2D eigenvalue weighted by atomic mass is 16.5. The summed E-state index contributed by atoms with van der Waals surface area (Å²) in [5.41, 5.74) is 0. The summed E-state index contributed by atoms with van der Waals surface area (Å²) in [6.45, 7) is 4.99. The highest BCUT2D eigenvalue weighted by molar-refractivity contribution is 5.76. The van der Waals surface area contributed by atoms with E-state index in [2.05, 4.69) is 55.6 Å². The lowest BCUT2D eigenvalue weighted by molar-refractivity contribution is -0.143. The maximum absolute atomic E-state index is 12.6. The van der Waals surface area contributed by atoms with E-state index in [1.165, 1.54) is 385 Å². The zero-order valence-electron chi connectivity index (χ0n) is 61.9. The van der Waals surface area contributed by atoms with Gasteiger partial charge in [0.25, 0.3) is 0 Å². The van der Waals surface area contributed by atoms with Gasteiger partial charge in [0.2, 0.25) is 5.91 Å². The molecule has 0 aliphatic heterocycles. The van der Waals surface area contributed by atoms with Crippen LogP contribution in [0.1, 0.15) is 470 Å². The quantitative estimate of drug-likeness (QED) is 0.0320. The third kappa shape index (κ3) is 77.0. The molecule has 0 aliphatic carbocycles. The van der Waals surface area contributed by atoms with E-state index in [0.29, 0.717) is 25.9 Å². The van der Waals surface area contributed by atoms with E-state index in [4.69, 9.17) is 4.74 Å². The molecule has 0 aliphatic rings. The van der Waals surface area contributed by atoms with Crippen molar-refractivity contribution in [1.82, 2.24) is 5.32 Å². The third-order valence-corrected chi connectivity index (χ3v) is 19.7. The molecule has 0 bridgehead atoms. The summed E-state index contributed by atoms with van der Waals surface area (Å²) >= 11 is 0. The predicted octanol–water partition coefficient (Wildman–Crippen LogP) is 27.8. The molecule has 91 heavy (non-hydrogen) atoms. The Labute approximate surface area is 570 Å². The fourth-order valence-corrected chi connectivity index (χ4v) is 13.3. The maximum atomic E-state index is 12.6. The minimum Gasteiger partial charge on any atom is -0.466 e. The van der Waals surface area contributed by atoms with Gasteiger partial charge in [0.05, 0.1) is 25.4 Å². The Morgan fingerprint density at radius 1 is 0.308 bits per heavy atom. The number of unbranched alkanes of at least 4 members (excludes halogenated alkanes) is 62. The molecule has 0 spiro atoms. The predicted molar refractivity (Wildman–Crippen MR) is 403 cm³/mol. The molecule has 0 rings (SSSR count). The SMILES string of the molecule is CCCCCC/C=C\CCCCCCCC(=O)OCCCCCCCCCCCCCCC/C=C\C/C=C\CCCCCCCCCCCCCCCCCCCC(=O)NC(CO)C(O)CCCCCCCCCCCCCCCCCCCCCCCCCC. The minimum atomic E-state index is -0.664. The Balaban J connectivity index is 3.37. The number of allylic oxidation sites excluding steroid dienone is 6. The van der Waals surface area contributed by atoms with Crippen LogP contribution in [-0.2, 0) is 14.3 Å². The van der Waals surface area contributed by atoms with Crippen LogP contribution in [0.15, 0.2) is 36.5 Å². The average molecular weight is 1280 g/mol. The lowest BCUT2D eigenvalue weighted by Gasteiger charge is -2.22. The van der Waals surface area contributed by atoms with Crippen LogP contribution in [0, 0.1) is 0 Å². The largest absolute Gasteiger partial charge is 0.466 e. The molecule has 1 amide bonds. The van der Waals surface area contributed by atoms with Gasteiger partial charge in [0, 0.05) is 12.8 Å². The molecule has 6 nitrogen and oxygen atoms in total. The zero-order chi connectivity index (χ0) is 65.6. The van der Waals surface area contributed by atoms with Gasteiger partial charge in [0.1, 0.15) is 0 Å². The first kappa shape index (κ1) is 89.1. The molecular weight excluding hydrogens is 1110 g/mol. The maximum Gasteiger partial charge on any atom is 0.305 e. The van der Waals surface area contributed by atoms with Crippen molar-refractivity contribution >= 4 is 11.9 Å². The number of amides is 1. The van der Waals surface area contributed by atoms with Crippen molar-refractivity contribution in [3.05, 3.63) is 36.5 Å². The number of carbonyl (C=O) groups is 2. The van der Waals surface area contributed by atoms with Crippen LogP contribution in [-0.4, -0.2) is 47.4 Å². The van der Waals surface area contributed by atoms with E-state index in [-0.39, 0.29) is 18.5 Å². The molecule has 0 aromatic carbocycles. The normalized spacial score (nSPS) is 12.6. The summed E-state index contributed by atoms with van der Waals surface area (Å²) in [5.74, 6) is -0.0163. The van der Waals surface area contributed by atoms with Crippen molar-refractivity contribution in [2.24, 2.45) is 0 Å². The van der Waals surface area contributed by atoms with Crippen LogP contribution < -0.4 is 5.32 Å². The van der Waals surface area contributed by atoms with Gasteiger partial charge in [-0.2, -0.15) is 0 Å². The summed E-state index contributed by atoms with van der Waals surface area (Å²) in [7, 11) is 0. The van der Waals surface area contributed by atoms with E-state index >= 15 is 0 Å². The molecule has 2 atom stereocenters. The molecule has 0 saturated heterocycles. The fraction of sp³-hybridized carbons (Fsp3) is 0.906. The molecule has 0 radical (unpaired) electrons. The summed E-state index contributed by atoms with van der Waals surface area (Å²) in [6.07, 6.45) is 105. The monoisotopic (exact) mass is 1280 g/mol. The van der Waals surface area contributed by atoms with Crippen LogP contribution in [0.5, 0.6) is 0 Å². The number of aliphatic hydroxyl groups excluding tert-OH is 2. The van der Waals surface area contributed by atoms with Crippen LogP contribution in [0.25, 0.3) is 0 Å². The van der Waals surface area contributed by atoms with Crippen LogP contribution >= 0.6 is 0 Å². The number of rotatable bonds is 79. The Bertz CT molecular complexity index is 1470. The molecule has 0 aromatic heterocycles. The van der Waals surface area contributed by atoms with E-state index in [1.54, 1.807) is 0 Å². The molecule has 2 unspecified atom stereocenters. The van der Waals surface area contributed by atoms with Crippen LogP contribution in [0.2, 0.25) is 0 Å². The van der Waals surface area contributed by atoms with Crippen LogP contribution in [0.4, 0.5) is 0 Å². The minimum absolute atomic E-state index is 0.0102. The number of ether oxygens (including phenoxy) is 1. The third-order valence-electron chi connectivity index (χ3n) is 19.7. The molecule has 0 fully saturated rings. The number of hydrogen-bond donors (Lipinski definition) is 3. The van der Waals surface area contributed by atoms with E-state index in [1.807, 2.05) is 0 Å². The van der Waals surface area contributed by atoms with Gasteiger partial charge in [-0.15, -0.1) is 0 Å². The van der Waals surface area contributed by atoms with Crippen molar-refractivity contribution in [3.8, 4) is 0 Å². The smallest absolute Gasteiger partial charge is 0.305 e. The van der Waals surface area contributed by atoms with Crippen LogP contribution in [0.3, 0.4) is 0 Å². The number of aliphatic hydroxyl groups is 2. The summed E-state index contributed by atoms with van der Waals surface area (Å²) in [6, 6.07) is -0.541. The number of esters is 1. The molecule has 0 saturated carbocycles. The van der Waals surface area contributed by atoms with Gasteiger partial charge in [-0.3, -0.25) is 9.59 Å². The van der Waals surface area contributed by atoms with Gasteiger partial charge < -0.3 is 20.3 Å². The highest BCUT2D eigenvalue weighted by Gasteiger charge is 2.20. The molecule has 3 N–H and O–H groups in total. The van der Waals surface area contributed by atoms with Crippen molar-refractivity contribution in [2.45, 2.75) is 482 Å². The number of carbonyl (C=O) groups excluding carboxylic acids is 2. The Morgan fingerprint density at radius 3 is 0.857 bits per heavy atom. The van der Waals surface area contributed by atoms with Crippen molar-refractivity contribution in [3.63, 3.8) is 0 Å². The van der Waals surface area contributed by atoms with Gasteiger partial charge in [-0.25, -0.2) is 0 Å². The number of hydrogen-bond acceptors (Lipinski definition) is 5. The van der Waals surface area contributed by atoms with E-state index in [9.17, 15) is 19.8 Å². The van der Waals surface area contributed by atoms with Gasteiger partial charge >= 0.3 is 5.97 Å². The van der Waals surface area contributed by atoms with E-state index in [0.717, 1.165) is 51.4 Å². The fourth-order valence-electron chi connectivity index (χ4n) is 13.3. The first-order valence-corrected chi connectivity index (χ1v) is 41.7. The zero-order valence-corrected chi connectivity index (χ0v) is 61.9. The lowest BCUT2D eigenvalue weighted by Crippen LogP contribution is -2.45. The van der Waals surface area contributed by atoms with Gasteiger partial charge in [0.15, 0.2) is 0 Å². The standard InChI is InChI=1S/C85H163NO5/c1-3-5-7-9-11-13-15-17-18-19-20-21-22-38-41-44-47-50-54-57-61-65-69-73-77-83(88)82(81-87)86-84(89)78-74-70-66-62-58-55-51-48-45-42-39-36-34-32-30-28-26-24-23-25-27-29-31-33-35-37-40-43-46-49-52-56-60-64-68-72-76-80-91-85(90)79-75-71-67-63-59-53-16-14-12-10-8-6-4-2/h14,16,23,25,29,31,82-83,87-88H,3-13,15,17-22,24,26-28,30,32-81H2,1-2H3,(H,86,89)/b16-14-,25-23-,31-29-. The second-order valence-corrected chi connectivity index (χ2v) is 28.8. The molecule has 538 valence electrons. The number of nitrogens with one attached hydrogen (secondary N) is 1. The second-order valence-electron chi connectivity index (χ2n) is 28.8. The summed E-state index contributed by atoms with van der Waals surface area (Å²) < 4.78 is 5.49. The Hall–Kier alpha value is -1.92. The highest BCUT2D eigenvalue weighted by Crippen LogP contribution is 2.20. The second kappa shape index (κ2) is 80.5. The van der Waals surface area contributed by atoms with Gasteiger partial charge in [-0.05, 0) is 83.5 Å². The molecule has 0 aromatic rings. The lowest BCUT2D eigenvalue weighted by atomic mass is 10.0. The molecule has 0 heterocycles. The van der Waals surface area contributed by atoms with Crippen molar-refractivity contribution in [1.29, 1.82) is 0 Å². The average Bonchev–Trinajstić information content (AvgIpc) is 3.68. The summed E-state index contributed by atoms with van der Waals surface area (Å²) in [4.78, 5) is 24.6.